The van der Waals surface area contributed by atoms with Crippen LogP contribution in [0, 0.1) is 6.92 Å². The lowest BCUT2D eigenvalue weighted by Gasteiger charge is -2.13. The molecule has 0 spiro atoms. The molecule has 1 heterocycles. The number of carbonyl (C=O) groups excluding carboxylic acids is 2. The number of nitrogens with one attached hydrogen (secondary N) is 2. The molecular weight excluding hydrogens is 394 g/mol. The zero-order valence-electron chi connectivity index (χ0n) is 15.9. The van der Waals surface area contributed by atoms with E-state index >= 15 is 0 Å². The van der Waals surface area contributed by atoms with Crippen molar-refractivity contribution in [2.45, 2.75) is 26.5 Å². The number of hydrogen-bond donors (Lipinski definition) is 2. The van der Waals surface area contributed by atoms with E-state index in [2.05, 4.69) is 20.9 Å². The summed E-state index contributed by atoms with van der Waals surface area (Å²) >= 11 is 6.01. The topological polar surface area (TPSA) is 98.1 Å². The molecule has 9 heteroatoms. The molecule has 1 aromatic heterocycles. The molecule has 8 nitrogen and oxygen atoms in total. The second-order valence-corrected chi connectivity index (χ2v) is 6.80. The van der Waals surface area contributed by atoms with E-state index in [0.29, 0.717) is 17.2 Å². The Morgan fingerprint density at radius 2 is 1.93 bits per heavy atom. The number of aryl methyl sites for hydroxylation is 1. The number of rotatable bonds is 6. The molecule has 1 atom stereocenters. The lowest BCUT2D eigenvalue weighted by molar-refractivity contribution is -0.124. The largest absolute Gasteiger partial charge is 0.489 e. The molecule has 0 saturated carbocycles. The molecule has 29 heavy (non-hydrogen) atoms. The highest BCUT2D eigenvalue weighted by atomic mass is 35.5. The molecule has 2 amide bonds. The van der Waals surface area contributed by atoms with Crippen LogP contribution in [0.5, 0.6) is 5.75 Å². The van der Waals surface area contributed by atoms with Gasteiger partial charge in [-0.3, -0.25) is 20.4 Å². The third-order valence-corrected chi connectivity index (χ3v) is 4.69. The zero-order chi connectivity index (χ0) is 20.8. The highest BCUT2D eigenvalue weighted by Crippen LogP contribution is 2.21. The van der Waals surface area contributed by atoms with Crippen molar-refractivity contribution in [2.24, 2.45) is 0 Å². The Morgan fingerprint density at radius 1 is 1.17 bits per heavy atom. The monoisotopic (exact) mass is 413 g/mol. The second kappa shape index (κ2) is 9.20. The number of halogens is 1. The first kappa shape index (κ1) is 20.3. The number of carbonyl (C=O) groups is 2. The van der Waals surface area contributed by atoms with Crippen LogP contribution in [0.2, 0.25) is 5.02 Å². The molecule has 2 N–H and O–H groups in total. The van der Waals surface area contributed by atoms with Gasteiger partial charge in [-0.15, -0.1) is 0 Å². The standard InChI is InChI=1S/C20H20ClN5O3/c1-13-9-17(7-8-18(13)21)29-10-15-3-5-16(6-4-15)20(28)25-24-19(27)14(2)26-12-22-11-23-26/h3-9,11-12,14H,10H2,1-2H3,(H,24,27)(H,25,28). The number of ether oxygens (including phenoxy) is 1. The highest BCUT2D eigenvalue weighted by molar-refractivity contribution is 6.31. The van der Waals surface area contributed by atoms with E-state index in [1.165, 1.54) is 17.3 Å². The average Bonchev–Trinajstić information content (AvgIpc) is 3.27. The minimum absolute atomic E-state index is 0.356. The van der Waals surface area contributed by atoms with Gasteiger partial charge in [0.25, 0.3) is 11.8 Å². The maximum absolute atomic E-state index is 12.2. The van der Waals surface area contributed by atoms with Crippen molar-refractivity contribution in [1.82, 2.24) is 25.6 Å². The lowest BCUT2D eigenvalue weighted by atomic mass is 10.1. The van der Waals surface area contributed by atoms with E-state index in [4.69, 9.17) is 16.3 Å². The summed E-state index contributed by atoms with van der Waals surface area (Å²) in [6.07, 6.45) is 2.76. The third kappa shape index (κ3) is 5.32. The quantitative estimate of drug-likeness (QED) is 0.605. The van der Waals surface area contributed by atoms with Gasteiger partial charge in [0.2, 0.25) is 0 Å². The van der Waals surface area contributed by atoms with Gasteiger partial charge in [-0.1, -0.05) is 23.7 Å². The molecule has 0 aliphatic rings. The normalized spacial score (nSPS) is 11.6. The van der Waals surface area contributed by atoms with Crippen LogP contribution >= 0.6 is 11.6 Å². The number of nitrogens with zero attached hydrogens (tertiary/aromatic N) is 3. The minimum atomic E-state index is -0.603. The van der Waals surface area contributed by atoms with E-state index in [0.717, 1.165) is 16.9 Å². The van der Waals surface area contributed by atoms with E-state index in [1.54, 1.807) is 43.3 Å². The van der Waals surface area contributed by atoms with Crippen LogP contribution < -0.4 is 15.6 Å². The van der Waals surface area contributed by atoms with Crippen molar-refractivity contribution in [3.05, 3.63) is 76.8 Å². The average molecular weight is 414 g/mol. The molecule has 0 saturated heterocycles. The maximum atomic E-state index is 12.2. The van der Waals surface area contributed by atoms with Crippen LogP contribution in [0.15, 0.2) is 55.1 Å². The van der Waals surface area contributed by atoms with Crippen LogP contribution in [0.1, 0.15) is 34.5 Å². The predicted octanol–water partition coefficient (Wildman–Crippen LogP) is 2.84. The van der Waals surface area contributed by atoms with Gasteiger partial charge in [0.15, 0.2) is 0 Å². The molecule has 0 aliphatic carbocycles. The van der Waals surface area contributed by atoms with Crippen molar-refractivity contribution in [3.63, 3.8) is 0 Å². The molecule has 0 aliphatic heterocycles. The van der Waals surface area contributed by atoms with Crippen molar-refractivity contribution in [2.75, 3.05) is 0 Å². The number of hydrogen-bond acceptors (Lipinski definition) is 5. The molecular formula is C20H20ClN5O3. The summed E-state index contributed by atoms with van der Waals surface area (Å²) in [5, 5.41) is 4.58. The SMILES string of the molecule is Cc1cc(OCc2ccc(C(=O)NNC(=O)C(C)n3cncn3)cc2)ccc1Cl. The predicted molar refractivity (Wildman–Crippen MR) is 107 cm³/mol. The summed E-state index contributed by atoms with van der Waals surface area (Å²) < 4.78 is 7.13. The van der Waals surface area contributed by atoms with Gasteiger partial charge in [-0.25, -0.2) is 9.67 Å². The van der Waals surface area contributed by atoms with Crippen molar-refractivity contribution in [1.29, 1.82) is 0 Å². The van der Waals surface area contributed by atoms with Crippen molar-refractivity contribution >= 4 is 23.4 Å². The van der Waals surface area contributed by atoms with Gasteiger partial charge in [0, 0.05) is 10.6 Å². The fraction of sp³-hybridized carbons (Fsp3) is 0.200. The minimum Gasteiger partial charge on any atom is -0.489 e. The Kier molecular flexibility index (Phi) is 6.46. The van der Waals surface area contributed by atoms with Crippen LogP contribution in [-0.4, -0.2) is 26.6 Å². The molecule has 0 radical (unpaired) electrons. The molecule has 3 aromatic rings. The summed E-state index contributed by atoms with van der Waals surface area (Å²) in [5.74, 6) is -0.116. The van der Waals surface area contributed by atoms with E-state index < -0.39 is 17.9 Å². The van der Waals surface area contributed by atoms with Crippen LogP contribution in [-0.2, 0) is 11.4 Å². The smallest absolute Gasteiger partial charge is 0.269 e. The molecule has 0 fully saturated rings. The first-order valence-corrected chi connectivity index (χ1v) is 9.24. The van der Waals surface area contributed by atoms with Crippen molar-refractivity contribution in [3.8, 4) is 5.75 Å². The van der Waals surface area contributed by atoms with Crippen molar-refractivity contribution < 1.29 is 14.3 Å². The zero-order valence-corrected chi connectivity index (χ0v) is 16.7. The van der Waals surface area contributed by atoms with Gasteiger partial charge in [0.05, 0.1) is 0 Å². The summed E-state index contributed by atoms with van der Waals surface area (Å²) in [6, 6.07) is 11.8. The van der Waals surface area contributed by atoms with Crippen LogP contribution in [0.3, 0.4) is 0 Å². The summed E-state index contributed by atoms with van der Waals surface area (Å²) in [7, 11) is 0. The lowest BCUT2D eigenvalue weighted by Crippen LogP contribution is -2.44. The third-order valence-electron chi connectivity index (χ3n) is 4.26. The first-order chi connectivity index (χ1) is 13.9. The fourth-order valence-corrected chi connectivity index (χ4v) is 2.58. The van der Waals surface area contributed by atoms with Gasteiger partial charge in [0.1, 0.15) is 31.1 Å². The Labute approximate surface area is 172 Å². The van der Waals surface area contributed by atoms with Gasteiger partial charge in [-0.2, -0.15) is 5.10 Å². The Balaban J connectivity index is 1.50. The Hall–Kier alpha value is -3.39. The van der Waals surface area contributed by atoms with Crippen LogP contribution in [0.4, 0.5) is 0 Å². The second-order valence-electron chi connectivity index (χ2n) is 6.39. The van der Waals surface area contributed by atoms with E-state index in [-0.39, 0.29) is 0 Å². The summed E-state index contributed by atoms with van der Waals surface area (Å²) in [5.41, 5.74) is 7.01. The van der Waals surface area contributed by atoms with E-state index in [1.807, 2.05) is 13.0 Å². The molecule has 2 aromatic carbocycles. The molecule has 1 unspecified atom stereocenters. The molecule has 3 rings (SSSR count). The number of aromatic nitrogens is 3. The number of benzene rings is 2. The molecule has 0 bridgehead atoms. The van der Waals surface area contributed by atoms with Crippen LogP contribution in [0.25, 0.3) is 0 Å². The fourth-order valence-electron chi connectivity index (χ4n) is 2.46. The summed E-state index contributed by atoms with van der Waals surface area (Å²) in [6.45, 7) is 3.91. The van der Waals surface area contributed by atoms with Gasteiger partial charge in [-0.05, 0) is 55.3 Å². The Morgan fingerprint density at radius 3 is 2.59 bits per heavy atom. The van der Waals surface area contributed by atoms with Gasteiger partial charge >= 0.3 is 0 Å². The number of hydrazine groups is 1. The highest BCUT2D eigenvalue weighted by Gasteiger charge is 2.16. The van der Waals surface area contributed by atoms with Gasteiger partial charge < -0.3 is 4.74 Å². The number of amides is 2. The Bertz CT molecular complexity index is 990. The summed E-state index contributed by atoms with van der Waals surface area (Å²) in [4.78, 5) is 28.1. The maximum Gasteiger partial charge on any atom is 0.269 e. The molecule has 150 valence electrons. The first-order valence-electron chi connectivity index (χ1n) is 8.86. The van der Waals surface area contributed by atoms with E-state index in [9.17, 15) is 9.59 Å².